The molecule has 0 radical (unpaired) electrons. The van der Waals surface area contributed by atoms with E-state index in [1.165, 1.54) is 20.2 Å². The lowest BCUT2D eigenvalue weighted by Gasteiger charge is -2.33. The van der Waals surface area contributed by atoms with Crippen molar-refractivity contribution >= 4 is 27.5 Å². The van der Waals surface area contributed by atoms with Crippen molar-refractivity contribution in [1.29, 1.82) is 0 Å². The molecular weight excluding hydrogens is 366 g/mol. The third kappa shape index (κ3) is 4.10. The summed E-state index contributed by atoms with van der Waals surface area (Å²) >= 11 is 1.83. The average molecular weight is 395 g/mol. The second kappa shape index (κ2) is 8.41. The Labute approximate surface area is 170 Å². The Balaban J connectivity index is 1.34. The molecule has 4 rings (SSSR count). The second-order valence-corrected chi connectivity index (χ2v) is 8.92. The van der Waals surface area contributed by atoms with Gasteiger partial charge in [-0.1, -0.05) is 42.5 Å². The first kappa shape index (κ1) is 19.1. The number of aromatic nitrogens is 1. The highest BCUT2D eigenvalue weighted by Gasteiger charge is 2.33. The van der Waals surface area contributed by atoms with Crippen LogP contribution < -0.4 is 4.90 Å². The highest BCUT2D eigenvalue weighted by molar-refractivity contribution is 7.18. The summed E-state index contributed by atoms with van der Waals surface area (Å²) in [5, 5.41) is 1.26. The Bertz CT molecular complexity index is 898. The SMILES string of the molecule is C[C@H](C(=O)N(C)Cc1ccccc1)[NH+]1CCC(c2nc3ccccc3s2)CC1. The van der Waals surface area contributed by atoms with Crippen LogP contribution in [0, 0.1) is 0 Å². The van der Waals surface area contributed by atoms with Crippen LogP contribution in [0.2, 0.25) is 0 Å². The Morgan fingerprint density at radius 1 is 1.14 bits per heavy atom. The van der Waals surface area contributed by atoms with Crippen LogP contribution in [0.1, 0.15) is 36.3 Å². The van der Waals surface area contributed by atoms with Crippen molar-refractivity contribution in [3.05, 3.63) is 65.2 Å². The molecular formula is C23H28N3OS+. The van der Waals surface area contributed by atoms with E-state index in [9.17, 15) is 4.79 Å². The van der Waals surface area contributed by atoms with E-state index in [0.717, 1.165) is 31.4 Å². The first-order valence-corrected chi connectivity index (χ1v) is 10.9. The van der Waals surface area contributed by atoms with E-state index in [1.54, 1.807) is 0 Å². The lowest BCUT2D eigenvalue weighted by molar-refractivity contribution is -0.919. The number of para-hydroxylation sites is 1. The number of likely N-dealkylation sites (tertiary alicyclic amines) is 1. The van der Waals surface area contributed by atoms with Gasteiger partial charge in [-0.05, 0) is 24.6 Å². The highest BCUT2D eigenvalue weighted by atomic mass is 32.1. The van der Waals surface area contributed by atoms with Gasteiger partial charge >= 0.3 is 0 Å². The van der Waals surface area contributed by atoms with Crippen LogP contribution in [-0.4, -0.2) is 42.0 Å². The number of amides is 1. The first-order chi connectivity index (χ1) is 13.6. The third-order valence-electron chi connectivity index (χ3n) is 5.91. The van der Waals surface area contributed by atoms with Crippen molar-refractivity contribution < 1.29 is 9.69 Å². The fourth-order valence-corrected chi connectivity index (χ4v) is 5.31. The van der Waals surface area contributed by atoms with Crippen molar-refractivity contribution in [3.8, 4) is 0 Å². The minimum Gasteiger partial charge on any atom is -0.336 e. The van der Waals surface area contributed by atoms with Crippen LogP contribution in [0.15, 0.2) is 54.6 Å². The van der Waals surface area contributed by atoms with Gasteiger partial charge in [0.1, 0.15) is 0 Å². The predicted octanol–water partition coefficient (Wildman–Crippen LogP) is 3.11. The number of rotatable bonds is 5. The predicted molar refractivity (Wildman–Crippen MR) is 115 cm³/mol. The number of nitrogens with one attached hydrogen (secondary N) is 1. The zero-order valence-electron chi connectivity index (χ0n) is 16.6. The van der Waals surface area contributed by atoms with Gasteiger partial charge in [0.15, 0.2) is 6.04 Å². The van der Waals surface area contributed by atoms with Gasteiger partial charge in [0.05, 0.1) is 28.3 Å². The monoisotopic (exact) mass is 394 g/mol. The number of fused-ring (bicyclic) bond motifs is 1. The fourth-order valence-electron chi connectivity index (χ4n) is 4.17. The smallest absolute Gasteiger partial charge is 0.280 e. The Morgan fingerprint density at radius 2 is 1.82 bits per heavy atom. The number of thiazole rings is 1. The van der Waals surface area contributed by atoms with E-state index in [1.807, 2.05) is 41.5 Å². The topological polar surface area (TPSA) is 37.6 Å². The number of carbonyl (C=O) groups excluding carboxylic acids is 1. The van der Waals surface area contributed by atoms with Gasteiger partial charge in [-0.3, -0.25) is 4.79 Å². The molecule has 28 heavy (non-hydrogen) atoms. The molecule has 1 aliphatic heterocycles. The summed E-state index contributed by atoms with van der Waals surface area (Å²) in [5.74, 6) is 0.766. The normalized spacial score (nSPS) is 20.8. The maximum absolute atomic E-state index is 12.9. The van der Waals surface area contributed by atoms with Gasteiger partial charge < -0.3 is 9.80 Å². The minimum absolute atomic E-state index is 0.00466. The number of hydrogen-bond donors (Lipinski definition) is 1. The van der Waals surface area contributed by atoms with Gasteiger partial charge in [-0.2, -0.15) is 0 Å². The summed E-state index contributed by atoms with van der Waals surface area (Å²) < 4.78 is 1.28. The van der Waals surface area contributed by atoms with Crippen molar-refractivity contribution in [1.82, 2.24) is 9.88 Å². The van der Waals surface area contributed by atoms with Crippen LogP contribution >= 0.6 is 11.3 Å². The Kier molecular flexibility index (Phi) is 5.74. The zero-order valence-corrected chi connectivity index (χ0v) is 17.4. The van der Waals surface area contributed by atoms with Gasteiger partial charge in [0.25, 0.3) is 5.91 Å². The largest absolute Gasteiger partial charge is 0.336 e. The zero-order chi connectivity index (χ0) is 19.5. The molecule has 2 aromatic carbocycles. The van der Waals surface area contributed by atoms with Gasteiger partial charge in [0, 0.05) is 32.4 Å². The van der Waals surface area contributed by atoms with Crippen molar-refractivity contribution in [3.63, 3.8) is 0 Å². The maximum Gasteiger partial charge on any atom is 0.280 e. The van der Waals surface area contributed by atoms with Gasteiger partial charge in [0.2, 0.25) is 0 Å². The van der Waals surface area contributed by atoms with Crippen LogP contribution in [0.4, 0.5) is 0 Å². The molecule has 0 aliphatic carbocycles. The Morgan fingerprint density at radius 3 is 2.54 bits per heavy atom. The number of carbonyl (C=O) groups is 1. The van der Waals surface area contributed by atoms with Crippen LogP contribution in [0.5, 0.6) is 0 Å². The molecule has 0 bridgehead atoms. The molecule has 1 amide bonds. The highest BCUT2D eigenvalue weighted by Crippen LogP contribution is 2.31. The standard InChI is InChI=1S/C23H27N3OS/c1-17(23(27)25(2)16-18-8-4-3-5-9-18)26-14-12-19(13-15-26)22-24-20-10-6-7-11-21(20)28-22/h3-11,17,19H,12-16H2,1-2H3/p+1/t17-/m1/s1. The fraction of sp³-hybridized carbons (Fsp3) is 0.391. The molecule has 2 heterocycles. The number of likely N-dealkylation sites (N-methyl/N-ethyl adjacent to an activating group) is 1. The van der Waals surface area contributed by atoms with E-state index in [4.69, 9.17) is 4.98 Å². The van der Waals surface area contributed by atoms with E-state index < -0.39 is 0 Å². The summed E-state index contributed by atoms with van der Waals surface area (Å²) in [6, 6.07) is 18.6. The summed E-state index contributed by atoms with van der Waals surface area (Å²) in [6.07, 6.45) is 2.21. The van der Waals surface area contributed by atoms with E-state index in [0.29, 0.717) is 12.5 Å². The number of nitrogens with zero attached hydrogens (tertiary/aromatic N) is 2. The van der Waals surface area contributed by atoms with E-state index >= 15 is 0 Å². The summed E-state index contributed by atoms with van der Waals surface area (Å²) in [6.45, 7) is 4.82. The quantitative estimate of drug-likeness (QED) is 0.722. The molecule has 0 saturated carbocycles. The molecule has 1 fully saturated rings. The molecule has 1 aliphatic rings. The number of piperidine rings is 1. The summed E-state index contributed by atoms with van der Waals surface area (Å²) in [4.78, 5) is 21.0. The Hall–Kier alpha value is -2.24. The van der Waals surface area contributed by atoms with Gasteiger partial charge in [-0.15, -0.1) is 11.3 Å². The third-order valence-corrected chi connectivity index (χ3v) is 7.11. The summed E-state index contributed by atoms with van der Waals surface area (Å²) in [5.41, 5.74) is 2.29. The molecule has 1 atom stereocenters. The van der Waals surface area contributed by atoms with Crippen LogP contribution in [-0.2, 0) is 11.3 Å². The molecule has 0 spiro atoms. The second-order valence-electron chi connectivity index (χ2n) is 7.85. The summed E-state index contributed by atoms with van der Waals surface area (Å²) in [7, 11) is 1.92. The number of hydrogen-bond acceptors (Lipinski definition) is 3. The molecule has 4 nitrogen and oxygen atoms in total. The lowest BCUT2D eigenvalue weighted by Crippen LogP contribution is -3.17. The molecule has 146 valence electrons. The molecule has 1 saturated heterocycles. The van der Waals surface area contributed by atoms with Crippen LogP contribution in [0.3, 0.4) is 0 Å². The number of quaternary nitrogens is 1. The van der Waals surface area contributed by atoms with E-state index in [-0.39, 0.29) is 11.9 Å². The van der Waals surface area contributed by atoms with E-state index in [2.05, 4.69) is 43.3 Å². The molecule has 1 N–H and O–H groups in total. The molecule has 3 aromatic rings. The molecule has 1 aromatic heterocycles. The van der Waals surface area contributed by atoms with Crippen molar-refractivity contribution in [2.45, 2.75) is 38.3 Å². The van der Waals surface area contributed by atoms with Crippen LogP contribution in [0.25, 0.3) is 10.2 Å². The maximum atomic E-state index is 12.9. The minimum atomic E-state index is 0.00466. The lowest BCUT2D eigenvalue weighted by atomic mass is 9.96. The molecule has 5 heteroatoms. The molecule has 0 unspecified atom stereocenters. The van der Waals surface area contributed by atoms with Gasteiger partial charge in [-0.25, -0.2) is 4.98 Å². The first-order valence-electron chi connectivity index (χ1n) is 10.1. The average Bonchev–Trinajstić information content (AvgIpc) is 3.18. The number of benzene rings is 2. The van der Waals surface area contributed by atoms with Crippen molar-refractivity contribution in [2.24, 2.45) is 0 Å². The van der Waals surface area contributed by atoms with Crippen molar-refractivity contribution in [2.75, 3.05) is 20.1 Å².